The lowest BCUT2D eigenvalue weighted by atomic mass is 10.2. The second-order valence-electron chi connectivity index (χ2n) is 4.09. The van der Waals surface area contributed by atoms with E-state index in [0.29, 0.717) is 5.69 Å². The quantitative estimate of drug-likeness (QED) is 0.361. The van der Waals surface area contributed by atoms with E-state index < -0.39 is 0 Å². The Bertz CT molecular complexity index is 598. The Kier molecular flexibility index (Phi) is 3.01. The molecule has 6 heteroatoms. The van der Waals surface area contributed by atoms with E-state index in [9.17, 15) is 0 Å². The third-order valence-corrected chi connectivity index (χ3v) is 3.02. The number of amidine groups is 1. The normalized spacial score (nSPS) is 11.8. The van der Waals surface area contributed by atoms with Crippen LogP contribution in [-0.2, 0) is 0 Å². The molecule has 0 bridgehead atoms. The first-order valence-corrected chi connectivity index (χ1v) is 5.51. The molecule has 0 radical (unpaired) electrons. The highest BCUT2D eigenvalue weighted by Crippen LogP contribution is 2.16. The Morgan fingerprint density at radius 1 is 1.33 bits per heavy atom. The van der Waals surface area contributed by atoms with Crippen LogP contribution in [0.5, 0.6) is 0 Å². The zero-order valence-corrected chi connectivity index (χ0v) is 10.5. The molecule has 3 N–H and O–H groups in total. The Labute approximate surface area is 105 Å². The summed E-state index contributed by atoms with van der Waals surface area (Å²) >= 11 is 0. The summed E-state index contributed by atoms with van der Waals surface area (Å²) in [7, 11) is 0. The van der Waals surface area contributed by atoms with Gasteiger partial charge in [-0.05, 0) is 38.5 Å². The molecule has 0 unspecified atom stereocenters. The summed E-state index contributed by atoms with van der Waals surface area (Å²) in [6.07, 6.45) is 1.65. The number of rotatable bonds is 2. The van der Waals surface area contributed by atoms with Crippen molar-refractivity contribution < 1.29 is 5.21 Å². The Hall–Kier alpha value is -2.37. The summed E-state index contributed by atoms with van der Waals surface area (Å²) < 4.78 is 1.83. The van der Waals surface area contributed by atoms with Crippen LogP contribution in [0.3, 0.4) is 0 Å². The van der Waals surface area contributed by atoms with Gasteiger partial charge >= 0.3 is 0 Å². The van der Waals surface area contributed by atoms with Gasteiger partial charge in [-0.1, -0.05) is 5.16 Å². The molecule has 2 aromatic rings. The van der Waals surface area contributed by atoms with Crippen LogP contribution in [0, 0.1) is 20.8 Å². The van der Waals surface area contributed by atoms with E-state index in [1.165, 1.54) is 0 Å². The van der Waals surface area contributed by atoms with Crippen LogP contribution in [0.25, 0.3) is 5.69 Å². The third kappa shape index (κ3) is 1.92. The Morgan fingerprint density at radius 2 is 2.06 bits per heavy atom. The van der Waals surface area contributed by atoms with Gasteiger partial charge in [0.15, 0.2) is 5.84 Å². The first-order chi connectivity index (χ1) is 8.54. The molecule has 0 aliphatic heterocycles. The van der Waals surface area contributed by atoms with Crippen molar-refractivity contribution in [3.8, 4) is 5.69 Å². The lowest BCUT2D eigenvalue weighted by molar-refractivity contribution is 0.318. The molecule has 0 fully saturated rings. The number of nitrogens with zero attached hydrogens (tertiary/aromatic N) is 4. The highest BCUT2D eigenvalue weighted by atomic mass is 16.4. The minimum Gasteiger partial charge on any atom is -0.409 e. The van der Waals surface area contributed by atoms with Gasteiger partial charge in [-0.3, -0.25) is 4.98 Å². The van der Waals surface area contributed by atoms with Crippen LogP contribution in [-0.4, -0.2) is 25.8 Å². The summed E-state index contributed by atoms with van der Waals surface area (Å²) in [4.78, 5) is 4.13. The number of hydrogen-bond donors (Lipinski definition) is 2. The zero-order valence-electron chi connectivity index (χ0n) is 10.5. The van der Waals surface area contributed by atoms with Crippen molar-refractivity contribution in [2.75, 3.05) is 0 Å². The maximum Gasteiger partial charge on any atom is 0.188 e. The third-order valence-electron chi connectivity index (χ3n) is 3.02. The fraction of sp³-hybridized carbons (Fsp3) is 0.250. The molecule has 2 rings (SSSR count). The summed E-state index contributed by atoms with van der Waals surface area (Å²) in [6.45, 7) is 6.01. The van der Waals surface area contributed by atoms with E-state index in [1.54, 1.807) is 12.3 Å². The molecule has 0 spiro atoms. The average molecular weight is 245 g/mol. The van der Waals surface area contributed by atoms with Gasteiger partial charge in [0.1, 0.15) is 5.69 Å². The van der Waals surface area contributed by atoms with Crippen LogP contribution in [0.1, 0.15) is 22.6 Å². The van der Waals surface area contributed by atoms with Crippen LogP contribution < -0.4 is 5.73 Å². The van der Waals surface area contributed by atoms with E-state index in [2.05, 4.69) is 15.2 Å². The Balaban J connectivity index is 2.43. The van der Waals surface area contributed by atoms with Crippen molar-refractivity contribution in [2.24, 2.45) is 10.9 Å². The van der Waals surface area contributed by atoms with Crippen molar-refractivity contribution in [1.82, 2.24) is 14.8 Å². The van der Waals surface area contributed by atoms with Crippen molar-refractivity contribution >= 4 is 5.84 Å². The first-order valence-electron chi connectivity index (χ1n) is 5.51. The molecule has 0 amide bonds. The molecule has 0 aliphatic carbocycles. The fourth-order valence-corrected chi connectivity index (χ4v) is 1.69. The molecule has 18 heavy (non-hydrogen) atoms. The van der Waals surface area contributed by atoms with Crippen LogP contribution in [0.2, 0.25) is 0 Å². The molecule has 94 valence electrons. The maximum atomic E-state index is 8.56. The molecule has 0 saturated carbocycles. The molecular formula is C12H15N5O. The Morgan fingerprint density at radius 3 is 2.50 bits per heavy atom. The molecule has 0 aliphatic rings. The number of aromatic nitrogens is 3. The van der Waals surface area contributed by atoms with Crippen molar-refractivity contribution in [3.63, 3.8) is 0 Å². The van der Waals surface area contributed by atoms with Crippen molar-refractivity contribution in [1.29, 1.82) is 0 Å². The standard InChI is InChI=1S/C12H15N5O/c1-7-8(2)15-17(9(7)3)10-4-5-11(14-6-10)12(13)16-18/h4-6,18H,1-3H3,(H2,13,16). The number of hydrogen-bond acceptors (Lipinski definition) is 4. The van der Waals surface area contributed by atoms with Gasteiger partial charge in [-0.2, -0.15) is 5.10 Å². The number of pyridine rings is 1. The second-order valence-corrected chi connectivity index (χ2v) is 4.09. The molecule has 6 nitrogen and oxygen atoms in total. The lowest BCUT2D eigenvalue weighted by Crippen LogP contribution is -2.15. The SMILES string of the molecule is Cc1nn(-c2ccc(/C(N)=N/O)nc2)c(C)c1C. The molecule has 2 heterocycles. The minimum absolute atomic E-state index is 0.00824. The van der Waals surface area contributed by atoms with Gasteiger partial charge < -0.3 is 10.9 Å². The fourth-order valence-electron chi connectivity index (χ4n) is 1.69. The summed E-state index contributed by atoms with van der Waals surface area (Å²) in [6, 6.07) is 3.52. The first kappa shape index (κ1) is 12.1. The van der Waals surface area contributed by atoms with Gasteiger partial charge in [0, 0.05) is 5.69 Å². The van der Waals surface area contributed by atoms with Gasteiger partial charge in [-0.25, -0.2) is 4.68 Å². The largest absolute Gasteiger partial charge is 0.409 e. The van der Waals surface area contributed by atoms with Crippen molar-refractivity contribution in [2.45, 2.75) is 20.8 Å². The van der Waals surface area contributed by atoms with E-state index in [0.717, 1.165) is 22.6 Å². The highest BCUT2D eigenvalue weighted by Gasteiger charge is 2.09. The van der Waals surface area contributed by atoms with Crippen molar-refractivity contribution in [3.05, 3.63) is 41.0 Å². The van der Waals surface area contributed by atoms with Crippen LogP contribution in [0.4, 0.5) is 0 Å². The smallest absolute Gasteiger partial charge is 0.188 e. The van der Waals surface area contributed by atoms with E-state index >= 15 is 0 Å². The van der Waals surface area contributed by atoms with E-state index in [-0.39, 0.29) is 5.84 Å². The second kappa shape index (κ2) is 4.48. The molecular weight excluding hydrogens is 230 g/mol. The summed E-state index contributed by atoms with van der Waals surface area (Å²) in [5.74, 6) is -0.00824. The number of aryl methyl sites for hydroxylation is 1. The van der Waals surface area contributed by atoms with E-state index in [4.69, 9.17) is 10.9 Å². The summed E-state index contributed by atoms with van der Waals surface area (Å²) in [5, 5.41) is 15.9. The van der Waals surface area contributed by atoms with Gasteiger partial charge in [0.25, 0.3) is 0 Å². The van der Waals surface area contributed by atoms with Crippen LogP contribution in [0.15, 0.2) is 23.5 Å². The molecule has 0 saturated heterocycles. The van der Waals surface area contributed by atoms with Crippen LogP contribution >= 0.6 is 0 Å². The van der Waals surface area contributed by atoms with Gasteiger partial charge in [0.2, 0.25) is 0 Å². The predicted octanol–water partition coefficient (Wildman–Crippen LogP) is 1.29. The van der Waals surface area contributed by atoms with E-state index in [1.807, 2.05) is 31.5 Å². The number of nitrogens with two attached hydrogens (primary N) is 1. The molecule has 2 aromatic heterocycles. The van der Waals surface area contributed by atoms with Gasteiger partial charge in [-0.15, -0.1) is 0 Å². The summed E-state index contributed by atoms with van der Waals surface area (Å²) in [5.41, 5.74) is 9.96. The molecule has 0 atom stereocenters. The molecule has 0 aromatic carbocycles. The maximum absolute atomic E-state index is 8.56. The predicted molar refractivity (Wildman–Crippen MR) is 68.1 cm³/mol. The topological polar surface area (TPSA) is 89.3 Å². The average Bonchev–Trinajstić information content (AvgIpc) is 2.66. The zero-order chi connectivity index (χ0) is 13.3. The minimum atomic E-state index is -0.00824. The van der Waals surface area contributed by atoms with Gasteiger partial charge in [0.05, 0.1) is 17.6 Å². The highest BCUT2D eigenvalue weighted by molar-refractivity contribution is 5.95. The monoisotopic (exact) mass is 245 g/mol. The lowest BCUT2D eigenvalue weighted by Gasteiger charge is -2.05. The number of oxime groups is 1.